The van der Waals surface area contributed by atoms with Gasteiger partial charge in [0.15, 0.2) is 0 Å². The Morgan fingerprint density at radius 1 is 1.50 bits per heavy atom. The zero-order valence-corrected chi connectivity index (χ0v) is 12.0. The Morgan fingerprint density at radius 2 is 2.11 bits per heavy atom. The number of hydrogen-bond acceptors (Lipinski definition) is 4. The molecule has 0 spiro atoms. The minimum atomic E-state index is -3.97. The van der Waals surface area contributed by atoms with E-state index in [0.717, 1.165) is 13.2 Å². The van der Waals surface area contributed by atoms with Gasteiger partial charge in [-0.2, -0.15) is 4.72 Å². The Labute approximate surface area is 113 Å². The van der Waals surface area contributed by atoms with Crippen LogP contribution in [0.5, 0.6) is 0 Å². The van der Waals surface area contributed by atoms with Gasteiger partial charge in [0.2, 0.25) is 10.0 Å². The molecular formula is C10H11BrFNO4S. The van der Waals surface area contributed by atoms with E-state index in [1.807, 2.05) is 0 Å². The molecule has 0 aliphatic rings. The van der Waals surface area contributed by atoms with E-state index in [0.29, 0.717) is 0 Å². The lowest BCUT2D eigenvalue weighted by atomic mass is 10.3. The summed E-state index contributed by atoms with van der Waals surface area (Å²) in [5.74, 6) is -1.43. The molecule has 0 bridgehead atoms. The van der Waals surface area contributed by atoms with Gasteiger partial charge in [-0.25, -0.2) is 12.8 Å². The molecule has 5 nitrogen and oxygen atoms in total. The van der Waals surface area contributed by atoms with E-state index in [4.69, 9.17) is 0 Å². The molecule has 0 unspecified atom stereocenters. The summed E-state index contributed by atoms with van der Waals surface area (Å²) in [6.45, 7) is 1.33. The van der Waals surface area contributed by atoms with Crippen LogP contribution < -0.4 is 4.72 Å². The van der Waals surface area contributed by atoms with E-state index in [2.05, 4.69) is 25.4 Å². The van der Waals surface area contributed by atoms with Crippen LogP contribution in [0.3, 0.4) is 0 Å². The van der Waals surface area contributed by atoms with E-state index >= 15 is 0 Å². The molecule has 0 saturated carbocycles. The minimum Gasteiger partial charge on any atom is -0.468 e. The van der Waals surface area contributed by atoms with Crippen molar-refractivity contribution in [3.8, 4) is 0 Å². The summed E-state index contributed by atoms with van der Waals surface area (Å²) >= 11 is 2.92. The minimum absolute atomic E-state index is 0.155. The van der Waals surface area contributed by atoms with Gasteiger partial charge in [-0.05, 0) is 41.1 Å². The Hall–Kier alpha value is -0.990. The summed E-state index contributed by atoms with van der Waals surface area (Å²) < 4.78 is 43.5. The molecule has 1 aromatic rings. The van der Waals surface area contributed by atoms with Crippen molar-refractivity contribution in [2.45, 2.75) is 17.9 Å². The monoisotopic (exact) mass is 339 g/mol. The molecule has 8 heteroatoms. The zero-order valence-electron chi connectivity index (χ0n) is 9.61. The molecule has 1 aromatic carbocycles. The third kappa shape index (κ3) is 3.50. The molecule has 0 radical (unpaired) electrons. The zero-order chi connectivity index (χ0) is 13.9. The maximum absolute atomic E-state index is 13.2. The van der Waals surface area contributed by atoms with Gasteiger partial charge in [-0.15, -0.1) is 0 Å². The quantitative estimate of drug-likeness (QED) is 0.842. The van der Waals surface area contributed by atoms with E-state index in [1.54, 1.807) is 0 Å². The van der Waals surface area contributed by atoms with E-state index in [1.165, 1.54) is 19.1 Å². The lowest BCUT2D eigenvalue weighted by Gasteiger charge is -2.12. The van der Waals surface area contributed by atoms with Crippen molar-refractivity contribution >= 4 is 31.9 Å². The predicted molar refractivity (Wildman–Crippen MR) is 65.9 cm³/mol. The first-order chi connectivity index (χ1) is 8.27. The summed E-state index contributed by atoms with van der Waals surface area (Å²) in [5.41, 5.74) is 0. The fraction of sp³-hybridized carbons (Fsp3) is 0.300. The number of esters is 1. The Bertz CT molecular complexity index is 561. The number of carbonyl (C=O) groups excluding carboxylic acids is 1. The molecule has 100 valence electrons. The van der Waals surface area contributed by atoms with Crippen LogP contribution in [0.4, 0.5) is 4.39 Å². The number of carbonyl (C=O) groups is 1. The standard InChI is InChI=1S/C10H11BrFNO4S/c1-6(10(14)17-2)13-18(15,16)7-3-4-8(11)9(12)5-7/h3-6,13H,1-2H3/t6-/m0/s1. The van der Waals surface area contributed by atoms with Gasteiger partial charge in [0, 0.05) is 0 Å². The number of hydrogen-bond donors (Lipinski definition) is 1. The molecule has 1 N–H and O–H groups in total. The third-order valence-corrected chi connectivity index (χ3v) is 4.27. The molecule has 18 heavy (non-hydrogen) atoms. The molecule has 1 rings (SSSR count). The fourth-order valence-electron chi connectivity index (χ4n) is 1.17. The Balaban J connectivity index is 3.00. The van der Waals surface area contributed by atoms with Gasteiger partial charge in [0.25, 0.3) is 0 Å². The highest BCUT2D eigenvalue weighted by atomic mass is 79.9. The van der Waals surface area contributed by atoms with Crippen molar-refractivity contribution in [3.63, 3.8) is 0 Å². The van der Waals surface area contributed by atoms with Gasteiger partial charge in [-0.3, -0.25) is 4.79 Å². The molecule has 0 amide bonds. The first kappa shape index (κ1) is 15.1. The van der Waals surface area contributed by atoms with Gasteiger partial charge in [0.05, 0.1) is 16.5 Å². The molecule has 0 fully saturated rings. The second-order valence-corrected chi connectivity index (χ2v) is 6.01. The lowest BCUT2D eigenvalue weighted by Crippen LogP contribution is -2.39. The van der Waals surface area contributed by atoms with Gasteiger partial charge in [-0.1, -0.05) is 0 Å². The highest BCUT2D eigenvalue weighted by Crippen LogP contribution is 2.19. The van der Waals surface area contributed by atoms with Crippen LogP contribution >= 0.6 is 15.9 Å². The summed E-state index contributed by atoms with van der Waals surface area (Å²) in [4.78, 5) is 10.8. The van der Waals surface area contributed by atoms with Crippen LogP contribution in [-0.4, -0.2) is 27.5 Å². The number of methoxy groups -OCH3 is 1. The van der Waals surface area contributed by atoms with E-state index in [-0.39, 0.29) is 9.37 Å². The molecule has 0 heterocycles. The van der Waals surface area contributed by atoms with Gasteiger partial charge in [0.1, 0.15) is 11.9 Å². The van der Waals surface area contributed by atoms with Crippen molar-refractivity contribution < 1.29 is 22.3 Å². The fourth-order valence-corrected chi connectivity index (χ4v) is 2.62. The number of benzene rings is 1. The van der Waals surface area contributed by atoms with Crippen LogP contribution in [0.25, 0.3) is 0 Å². The summed E-state index contributed by atoms with van der Waals surface area (Å²) in [6.07, 6.45) is 0. The second-order valence-electron chi connectivity index (χ2n) is 3.44. The topological polar surface area (TPSA) is 72.5 Å². The highest BCUT2D eigenvalue weighted by molar-refractivity contribution is 9.10. The van der Waals surface area contributed by atoms with E-state index < -0.39 is 27.9 Å². The first-order valence-electron chi connectivity index (χ1n) is 4.83. The third-order valence-electron chi connectivity index (χ3n) is 2.09. The van der Waals surface area contributed by atoms with Crippen LogP contribution in [0, 0.1) is 5.82 Å². The predicted octanol–water partition coefficient (Wildman–Crippen LogP) is 1.43. The summed E-state index contributed by atoms with van der Waals surface area (Å²) in [7, 11) is -2.82. The average molecular weight is 340 g/mol. The summed E-state index contributed by atoms with van der Waals surface area (Å²) in [6, 6.07) is 2.30. The van der Waals surface area contributed by atoms with Crippen LogP contribution in [0.15, 0.2) is 27.6 Å². The van der Waals surface area contributed by atoms with Crippen molar-refractivity contribution in [1.29, 1.82) is 0 Å². The number of nitrogens with one attached hydrogen (secondary N) is 1. The smallest absolute Gasteiger partial charge is 0.323 e. The van der Waals surface area contributed by atoms with Crippen LogP contribution in [0.1, 0.15) is 6.92 Å². The Kier molecular flexibility index (Phi) is 4.83. The van der Waals surface area contributed by atoms with Crippen molar-refractivity contribution in [2.75, 3.05) is 7.11 Å². The number of halogens is 2. The van der Waals surface area contributed by atoms with Crippen molar-refractivity contribution in [1.82, 2.24) is 4.72 Å². The SMILES string of the molecule is COC(=O)[C@H](C)NS(=O)(=O)c1ccc(Br)c(F)c1. The van der Waals surface area contributed by atoms with Gasteiger partial charge < -0.3 is 4.74 Å². The lowest BCUT2D eigenvalue weighted by molar-refractivity contribution is -0.142. The maximum Gasteiger partial charge on any atom is 0.323 e. The maximum atomic E-state index is 13.2. The normalized spacial score (nSPS) is 13.1. The molecule has 0 saturated heterocycles. The van der Waals surface area contributed by atoms with E-state index in [9.17, 15) is 17.6 Å². The number of ether oxygens (including phenoxy) is 1. The first-order valence-corrected chi connectivity index (χ1v) is 7.10. The molecule has 0 aromatic heterocycles. The molecule has 1 atom stereocenters. The Morgan fingerprint density at radius 3 is 2.61 bits per heavy atom. The molecule has 0 aliphatic heterocycles. The molecule has 0 aliphatic carbocycles. The van der Waals surface area contributed by atoms with Crippen molar-refractivity contribution in [3.05, 3.63) is 28.5 Å². The van der Waals surface area contributed by atoms with Gasteiger partial charge >= 0.3 is 5.97 Å². The molecular weight excluding hydrogens is 329 g/mol. The number of rotatable bonds is 4. The largest absolute Gasteiger partial charge is 0.468 e. The van der Waals surface area contributed by atoms with Crippen LogP contribution in [-0.2, 0) is 19.6 Å². The second kappa shape index (κ2) is 5.77. The summed E-state index contributed by atoms with van der Waals surface area (Å²) in [5, 5.41) is 0. The van der Waals surface area contributed by atoms with Crippen LogP contribution in [0.2, 0.25) is 0 Å². The number of sulfonamides is 1. The average Bonchev–Trinajstić information content (AvgIpc) is 2.30. The van der Waals surface area contributed by atoms with Crippen molar-refractivity contribution in [2.24, 2.45) is 0 Å². The highest BCUT2D eigenvalue weighted by Gasteiger charge is 2.23.